The molecule has 4 fully saturated rings. The van der Waals surface area contributed by atoms with E-state index in [0.717, 1.165) is 38.8 Å². The molecule has 5 aliphatic rings. The Morgan fingerprint density at radius 2 is 2.00 bits per heavy atom. The van der Waals surface area contributed by atoms with E-state index >= 15 is 0 Å². The summed E-state index contributed by atoms with van der Waals surface area (Å²) in [5.41, 5.74) is -0.371. The van der Waals surface area contributed by atoms with Gasteiger partial charge < -0.3 is 9.47 Å². The van der Waals surface area contributed by atoms with E-state index in [2.05, 4.69) is 20.3 Å². The third-order valence-electron chi connectivity index (χ3n) is 6.35. The molecular formula is C18H26N5O3+. The summed E-state index contributed by atoms with van der Waals surface area (Å²) < 4.78 is 12.3. The minimum atomic E-state index is -0.371. The Morgan fingerprint density at radius 3 is 2.77 bits per heavy atom. The van der Waals surface area contributed by atoms with Crippen molar-refractivity contribution in [1.29, 1.82) is 0 Å². The molecule has 1 aliphatic carbocycles. The highest BCUT2D eigenvalue weighted by molar-refractivity contribution is 5.89. The molecule has 8 nitrogen and oxygen atoms in total. The van der Waals surface area contributed by atoms with E-state index in [4.69, 9.17) is 9.47 Å². The van der Waals surface area contributed by atoms with E-state index < -0.39 is 0 Å². The monoisotopic (exact) mass is 360 g/mol. The van der Waals surface area contributed by atoms with Crippen molar-refractivity contribution in [3.63, 3.8) is 0 Å². The first-order valence-electron chi connectivity index (χ1n) is 9.71. The van der Waals surface area contributed by atoms with Crippen LogP contribution in [-0.2, 0) is 4.74 Å². The van der Waals surface area contributed by atoms with Crippen LogP contribution >= 0.6 is 0 Å². The normalized spacial score (nSPS) is 36.2. The van der Waals surface area contributed by atoms with Gasteiger partial charge in [0.05, 0.1) is 6.54 Å². The Kier molecular flexibility index (Phi) is 3.79. The molecule has 0 aromatic carbocycles. The van der Waals surface area contributed by atoms with Gasteiger partial charge in [0, 0.05) is 24.8 Å². The highest BCUT2D eigenvalue weighted by Crippen LogP contribution is 2.43. The zero-order valence-corrected chi connectivity index (χ0v) is 14.9. The number of quaternary nitrogens is 1. The van der Waals surface area contributed by atoms with Crippen molar-refractivity contribution in [2.45, 2.75) is 50.2 Å². The van der Waals surface area contributed by atoms with Crippen LogP contribution in [0.3, 0.4) is 0 Å². The first kappa shape index (κ1) is 16.3. The molecule has 1 saturated carbocycles. The SMILES string of the molecule is O[N+]12CCC(CC1)[C@]1(CN=C(Nc3cc(OC4CCCC4)ncn3)O1)C2. The molecule has 5 heterocycles. The molecule has 26 heavy (non-hydrogen) atoms. The second-order valence-corrected chi connectivity index (χ2v) is 8.15. The van der Waals surface area contributed by atoms with Gasteiger partial charge in [-0.2, -0.15) is 4.65 Å². The van der Waals surface area contributed by atoms with E-state index in [0.29, 0.717) is 36.7 Å². The predicted molar refractivity (Wildman–Crippen MR) is 94.0 cm³/mol. The van der Waals surface area contributed by atoms with E-state index in [1.54, 1.807) is 6.07 Å². The molecule has 2 bridgehead atoms. The minimum Gasteiger partial charge on any atom is -0.474 e. The van der Waals surface area contributed by atoms with Gasteiger partial charge >= 0.3 is 0 Å². The molecular weight excluding hydrogens is 334 g/mol. The van der Waals surface area contributed by atoms with Crippen molar-refractivity contribution in [2.24, 2.45) is 10.9 Å². The number of rotatable bonds is 3. The third-order valence-corrected chi connectivity index (χ3v) is 6.35. The maximum atomic E-state index is 10.6. The Labute approximate surface area is 152 Å². The molecule has 140 valence electrons. The van der Waals surface area contributed by atoms with Crippen LogP contribution in [0, 0.1) is 5.92 Å². The van der Waals surface area contributed by atoms with Crippen LogP contribution in [0.1, 0.15) is 38.5 Å². The minimum absolute atomic E-state index is 0.117. The lowest BCUT2D eigenvalue weighted by Crippen LogP contribution is -2.69. The van der Waals surface area contributed by atoms with Gasteiger partial charge in [0.1, 0.15) is 31.3 Å². The van der Waals surface area contributed by atoms with E-state index in [-0.39, 0.29) is 16.4 Å². The molecule has 1 aromatic heterocycles. The van der Waals surface area contributed by atoms with Crippen molar-refractivity contribution in [3.8, 4) is 5.88 Å². The van der Waals surface area contributed by atoms with Crippen LogP contribution in [0.5, 0.6) is 5.88 Å². The quantitative estimate of drug-likeness (QED) is 0.801. The molecule has 1 spiro atoms. The summed E-state index contributed by atoms with van der Waals surface area (Å²) in [6, 6.07) is 2.28. The topological polar surface area (TPSA) is 88.9 Å². The van der Waals surface area contributed by atoms with Gasteiger partial charge in [0.2, 0.25) is 5.88 Å². The number of aromatic nitrogens is 2. The molecule has 6 rings (SSSR count). The zero-order chi connectivity index (χ0) is 17.6. The lowest BCUT2D eigenvalue weighted by atomic mass is 9.75. The van der Waals surface area contributed by atoms with Crippen molar-refractivity contribution in [3.05, 3.63) is 12.4 Å². The molecule has 3 saturated heterocycles. The fraction of sp³-hybridized carbons (Fsp3) is 0.722. The Bertz CT molecular complexity index is 713. The maximum Gasteiger partial charge on any atom is 0.291 e. The number of piperidine rings is 3. The average molecular weight is 360 g/mol. The molecule has 0 unspecified atom stereocenters. The van der Waals surface area contributed by atoms with Crippen molar-refractivity contribution in [2.75, 3.05) is 31.5 Å². The van der Waals surface area contributed by atoms with Crippen LogP contribution in [0.15, 0.2) is 17.4 Å². The average Bonchev–Trinajstić information content (AvgIpc) is 3.26. The highest BCUT2D eigenvalue weighted by Gasteiger charge is 2.59. The largest absolute Gasteiger partial charge is 0.474 e. The lowest BCUT2D eigenvalue weighted by Gasteiger charge is -2.51. The van der Waals surface area contributed by atoms with Gasteiger partial charge in [-0.3, -0.25) is 5.32 Å². The lowest BCUT2D eigenvalue weighted by molar-refractivity contribution is -1.12. The number of ether oxygens (including phenoxy) is 2. The van der Waals surface area contributed by atoms with Crippen LogP contribution in [0.4, 0.5) is 5.82 Å². The third kappa shape index (κ3) is 2.91. The predicted octanol–water partition coefficient (Wildman–Crippen LogP) is 1.96. The molecule has 1 atom stereocenters. The number of hydrogen-bond acceptors (Lipinski definition) is 7. The zero-order valence-electron chi connectivity index (χ0n) is 14.9. The number of hydrogen-bond donors (Lipinski definition) is 2. The first-order chi connectivity index (χ1) is 12.6. The van der Waals surface area contributed by atoms with E-state index in [1.165, 1.54) is 19.2 Å². The van der Waals surface area contributed by atoms with Crippen LogP contribution in [0.25, 0.3) is 0 Å². The van der Waals surface area contributed by atoms with Crippen LogP contribution < -0.4 is 10.1 Å². The molecule has 0 radical (unpaired) electrons. The number of aliphatic imine (C=N–C) groups is 1. The van der Waals surface area contributed by atoms with Crippen LogP contribution in [0.2, 0.25) is 0 Å². The summed E-state index contributed by atoms with van der Waals surface area (Å²) in [6.07, 6.45) is 8.37. The molecule has 4 aliphatic heterocycles. The highest BCUT2D eigenvalue weighted by atomic mass is 16.6. The van der Waals surface area contributed by atoms with Gasteiger partial charge in [-0.15, -0.1) is 0 Å². The van der Waals surface area contributed by atoms with Gasteiger partial charge in [0.15, 0.2) is 12.1 Å². The number of nitrogens with zero attached hydrogens (tertiary/aromatic N) is 4. The second-order valence-electron chi connectivity index (χ2n) is 8.15. The van der Waals surface area contributed by atoms with Crippen LogP contribution in [-0.4, -0.2) is 63.7 Å². The second kappa shape index (κ2) is 6.06. The van der Waals surface area contributed by atoms with Gasteiger partial charge in [-0.05, 0) is 25.7 Å². The number of anilines is 1. The Balaban J connectivity index is 1.25. The smallest absolute Gasteiger partial charge is 0.291 e. The van der Waals surface area contributed by atoms with Gasteiger partial charge in [-0.1, -0.05) is 0 Å². The number of amidine groups is 1. The summed E-state index contributed by atoms with van der Waals surface area (Å²) in [7, 11) is 0. The molecule has 1 aromatic rings. The Morgan fingerprint density at radius 1 is 1.19 bits per heavy atom. The van der Waals surface area contributed by atoms with E-state index in [9.17, 15) is 5.21 Å². The van der Waals surface area contributed by atoms with Crippen molar-refractivity contribution in [1.82, 2.24) is 9.97 Å². The summed E-state index contributed by atoms with van der Waals surface area (Å²) in [5, 5.41) is 13.8. The van der Waals surface area contributed by atoms with E-state index in [1.807, 2.05) is 0 Å². The molecule has 0 amide bonds. The van der Waals surface area contributed by atoms with Gasteiger partial charge in [-0.25, -0.2) is 20.2 Å². The summed E-state index contributed by atoms with van der Waals surface area (Å²) in [4.78, 5) is 13.0. The Hall–Kier alpha value is -1.93. The molecule has 8 heteroatoms. The number of hydroxylamine groups is 3. The first-order valence-corrected chi connectivity index (χ1v) is 9.71. The van der Waals surface area contributed by atoms with Gasteiger partial charge in [0.25, 0.3) is 6.02 Å². The maximum absolute atomic E-state index is 10.6. The van der Waals surface area contributed by atoms with Crippen molar-refractivity contribution >= 4 is 11.8 Å². The fourth-order valence-electron chi connectivity index (χ4n) is 4.94. The summed E-state index contributed by atoms with van der Waals surface area (Å²) >= 11 is 0. The summed E-state index contributed by atoms with van der Waals surface area (Å²) in [6.45, 7) is 2.86. The van der Waals surface area contributed by atoms with Crippen molar-refractivity contribution < 1.29 is 19.3 Å². The standard InChI is InChI=1S/C18H26N5O3/c24-23-7-5-13(6-8-23)18(11-23)10-19-17(26-18)22-15-9-16(21-12-20-15)25-14-3-1-2-4-14/h9,12-14,24H,1-8,10-11H2,(H,19,20,21,22)/q+1/t13?,18-,23?/m0/s1. The summed E-state index contributed by atoms with van der Waals surface area (Å²) in [5.74, 6) is 1.67. The number of nitrogens with one attached hydrogen (secondary N) is 1. The molecule has 2 N–H and O–H groups in total. The number of fused-ring (bicyclic) bond motifs is 2. The fourth-order valence-corrected chi connectivity index (χ4v) is 4.94.